The average Bonchev–Trinajstić information content (AvgIpc) is 2.24. The van der Waals surface area contributed by atoms with E-state index >= 15 is 0 Å². The number of benzene rings is 1. The smallest absolute Gasteiger partial charge is 0.301 e. The molecule has 1 aromatic carbocycles. The van der Waals surface area contributed by atoms with E-state index in [1.165, 1.54) is 6.07 Å². The first-order valence-corrected chi connectivity index (χ1v) is 7.47. The average molecular weight is 328 g/mol. The minimum atomic E-state index is -4.16. The predicted molar refractivity (Wildman–Crippen MR) is 63.8 cm³/mol. The van der Waals surface area contributed by atoms with Crippen molar-refractivity contribution in [2.75, 3.05) is 19.7 Å². The fourth-order valence-corrected chi connectivity index (χ4v) is 3.96. The Kier molecular flexibility index (Phi) is 2.89. The van der Waals surface area contributed by atoms with Crippen molar-refractivity contribution in [1.29, 1.82) is 0 Å². The lowest BCUT2D eigenvalue weighted by molar-refractivity contribution is -0.357. The summed E-state index contributed by atoms with van der Waals surface area (Å²) in [5.74, 6) is -4.06. The van der Waals surface area contributed by atoms with Gasteiger partial charge in [0.25, 0.3) is 0 Å². The first-order valence-electron chi connectivity index (χ1n) is 5.65. The maximum absolute atomic E-state index is 13.6. The number of rotatable bonds is 2. The summed E-state index contributed by atoms with van der Waals surface area (Å²) in [6, 6.07) is 3.09. The van der Waals surface area contributed by atoms with Gasteiger partial charge in [-0.2, -0.15) is 4.31 Å². The van der Waals surface area contributed by atoms with Gasteiger partial charge >= 0.3 is 5.92 Å². The van der Waals surface area contributed by atoms with Crippen LogP contribution in [0.2, 0.25) is 5.02 Å². The summed E-state index contributed by atoms with van der Waals surface area (Å²) in [6.07, 6.45) is 0. The summed E-state index contributed by atoms with van der Waals surface area (Å²) < 4.78 is 70.1. The second-order valence-electron chi connectivity index (χ2n) is 4.84. The van der Waals surface area contributed by atoms with E-state index in [0.717, 1.165) is 16.4 Å². The minimum absolute atomic E-state index is 0.0513. The van der Waals surface area contributed by atoms with Gasteiger partial charge in [0.1, 0.15) is 17.3 Å². The summed E-state index contributed by atoms with van der Waals surface area (Å²) in [4.78, 5) is -0.584. The summed E-state index contributed by atoms with van der Waals surface area (Å²) in [6.45, 7) is -1.68. The zero-order valence-corrected chi connectivity index (χ0v) is 11.5. The molecule has 4 nitrogen and oxygen atoms in total. The topological polar surface area (TPSA) is 46.6 Å². The van der Waals surface area contributed by atoms with Crippen LogP contribution in [-0.2, 0) is 14.8 Å². The lowest BCUT2D eigenvalue weighted by Gasteiger charge is -2.57. The van der Waals surface area contributed by atoms with Crippen LogP contribution in [-0.4, -0.2) is 43.9 Å². The highest BCUT2D eigenvalue weighted by molar-refractivity contribution is 7.89. The van der Waals surface area contributed by atoms with Crippen LogP contribution in [0.5, 0.6) is 0 Å². The van der Waals surface area contributed by atoms with E-state index in [9.17, 15) is 21.6 Å². The van der Waals surface area contributed by atoms with Gasteiger partial charge in [0.2, 0.25) is 10.0 Å². The Hall–Kier alpha value is -0.830. The van der Waals surface area contributed by atoms with Gasteiger partial charge in [-0.1, -0.05) is 11.6 Å². The molecule has 9 heteroatoms. The van der Waals surface area contributed by atoms with Crippen LogP contribution in [0.15, 0.2) is 23.1 Å². The summed E-state index contributed by atoms with van der Waals surface area (Å²) in [5.41, 5.74) is -1.75. The number of halogens is 4. The highest BCUT2D eigenvalue weighted by atomic mass is 35.5. The molecule has 0 amide bonds. The molecular weight excluding hydrogens is 319 g/mol. The van der Waals surface area contributed by atoms with Gasteiger partial charge in [-0.15, -0.1) is 0 Å². The lowest BCUT2D eigenvalue weighted by Crippen LogP contribution is -2.79. The molecular formula is C11H9ClF3NO3S. The Labute approximate surface area is 118 Å². The molecule has 0 aliphatic carbocycles. The largest absolute Gasteiger partial charge is 0.359 e. The van der Waals surface area contributed by atoms with E-state index in [0.29, 0.717) is 0 Å². The molecule has 0 N–H and O–H groups in total. The Morgan fingerprint density at radius 3 is 2.40 bits per heavy atom. The van der Waals surface area contributed by atoms with Gasteiger partial charge in [0.05, 0.1) is 13.1 Å². The summed E-state index contributed by atoms with van der Waals surface area (Å²) >= 11 is 5.54. The molecule has 0 radical (unpaired) electrons. The summed E-state index contributed by atoms with van der Waals surface area (Å²) in [7, 11) is -4.16. The molecule has 20 heavy (non-hydrogen) atoms. The molecule has 2 saturated heterocycles. The Morgan fingerprint density at radius 2 is 1.95 bits per heavy atom. The van der Waals surface area contributed by atoms with Crippen molar-refractivity contribution in [1.82, 2.24) is 4.31 Å². The fourth-order valence-electron chi connectivity index (χ4n) is 2.22. The van der Waals surface area contributed by atoms with Crippen molar-refractivity contribution in [3.05, 3.63) is 29.0 Å². The second kappa shape index (κ2) is 4.09. The van der Waals surface area contributed by atoms with Crippen LogP contribution in [0.3, 0.4) is 0 Å². The first kappa shape index (κ1) is 14.1. The van der Waals surface area contributed by atoms with Gasteiger partial charge in [-0.05, 0) is 18.2 Å². The van der Waals surface area contributed by atoms with E-state index in [1.807, 2.05) is 0 Å². The molecule has 110 valence electrons. The van der Waals surface area contributed by atoms with Crippen LogP contribution in [0.25, 0.3) is 0 Å². The monoisotopic (exact) mass is 327 g/mol. The van der Waals surface area contributed by atoms with Crippen molar-refractivity contribution < 1.29 is 26.3 Å². The van der Waals surface area contributed by atoms with Crippen LogP contribution in [0.4, 0.5) is 13.2 Å². The number of alkyl halides is 2. The normalized spacial score (nSPS) is 24.2. The minimum Gasteiger partial charge on any atom is -0.359 e. The molecule has 2 fully saturated rings. The molecule has 2 aliphatic rings. The molecule has 1 spiro atoms. The van der Waals surface area contributed by atoms with Gasteiger partial charge in [0, 0.05) is 5.02 Å². The molecule has 0 atom stereocenters. The number of nitrogens with zero attached hydrogens (tertiary/aromatic N) is 1. The van der Waals surface area contributed by atoms with Crippen molar-refractivity contribution in [3.8, 4) is 0 Å². The molecule has 0 saturated carbocycles. The quantitative estimate of drug-likeness (QED) is 0.833. The third-order valence-electron chi connectivity index (χ3n) is 3.57. The molecule has 2 heterocycles. The third-order valence-corrected chi connectivity index (χ3v) is 5.63. The van der Waals surface area contributed by atoms with Crippen molar-refractivity contribution in [2.24, 2.45) is 0 Å². The van der Waals surface area contributed by atoms with E-state index in [2.05, 4.69) is 0 Å². The molecule has 1 aromatic rings. The van der Waals surface area contributed by atoms with Gasteiger partial charge < -0.3 is 4.74 Å². The van der Waals surface area contributed by atoms with E-state index in [-0.39, 0.29) is 5.02 Å². The maximum atomic E-state index is 13.6. The van der Waals surface area contributed by atoms with Crippen molar-refractivity contribution in [2.45, 2.75) is 16.4 Å². The summed E-state index contributed by atoms with van der Waals surface area (Å²) in [5, 5.41) is 0.0513. The SMILES string of the molecule is O=S(=O)(c1ccc(Cl)cc1F)N1CC2(C1)OCC2(F)F. The van der Waals surface area contributed by atoms with Gasteiger partial charge in [0.15, 0.2) is 5.60 Å². The standard InChI is InChI=1S/C11H9ClF3NO3S/c12-7-1-2-9(8(13)3-7)20(17,18)16-4-10(5-16)11(14,15)6-19-10/h1-3H,4-6H2. The maximum Gasteiger partial charge on any atom is 0.301 e. The van der Waals surface area contributed by atoms with E-state index in [4.69, 9.17) is 16.3 Å². The highest BCUT2D eigenvalue weighted by Crippen LogP contribution is 2.49. The number of hydrogen-bond donors (Lipinski definition) is 0. The highest BCUT2D eigenvalue weighted by Gasteiger charge is 2.71. The van der Waals surface area contributed by atoms with E-state index < -0.39 is 52.0 Å². The molecule has 0 unspecified atom stereocenters. The van der Waals surface area contributed by atoms with Crippen LogP contribution in [0.1, 0.15) is 0 Å². The molecule has 0 bridgehead atoms. The second-order valence-corrected chi connectivity index (χ2v) is 7.18. The van der Waals surface area contributed by atoms with Crippen LogP contribution >= 0.6 is 11.6 Å². The fraction of sp³-hybridized carbons (Fsp3) is 0.455. The Balaban J connectivity index is 1.85. The predicted octanol–water partition coefficient (Wildman–Crippen LogP) is 1.89. The molecule has 3 rings (SSSR count). The van der Waals surface area contributed by atoms with Crippen molar-refractivity contribution in [3.63, 3.8) is 0 Å². The Bertz CT molecular complexity index is 673. The van der Waals surface area contributed by atoms with Crippen molar-refractivity contribution >= 4 is 21.6 Å². The lowest BCUT2D eigenvalue weighted by atomic mass is 9.84. The first-order chi connectivity index (χ1) is 9.18. The van der Waals surface area contributed by atoms with Gasteiger partial charge in [-0.25, -0.2) is 21.6 Å². The number of sulfonamides is 1. The zero-order chi connectivity index (χ0) is 14.8. The Morgan fingerprint density at radius 1 is 1.30 bits per heavy atom. The number of ether oxygens (including phenoxy) is 1. The molecule has 0 aromatic heterocycles. The molecule has 2 aliphatic heterocycles. The van der Waals surface area contributed by atoms with Crippen LogP contribution < -0.4 is 0 Å². The van der Waals surface area contributed by atoms with Crippen LogP contribution in [0, 0.1) is 5.82 Å². The third kappa shape index (κ3) is 1.78. The van der Waals surface area contributed by atoms with E-state index in [1.54, 1.807) is 0 Å². The number of hydrogen-bond acceptors (Lipinski definition) is 3. The zero-order valence-electron chi connectivity index (χ0n) is 9.95. The van der Waals surface area contributed by atoms with Gasteiger partial charge in [-0.3, -0.25) is 0 Å².